The van der Waals surface area contributed by atoms with Gasteiger partial charge < -0.3 is 20.5 Å². The van der Waals surface area contributed by atoms with Crippen molar-refractivity contribution >= 4 is 12.1 Å². The minimum Gasteiger partial charge on any atom is -0.481 e. The summed E-state index contributed by atoms with van der Waals surface area (Å²) in [6, 6.07) is 0. The van der Waals surface area contributed by atoms with E-state index in [0.29, 0.717) is 13.1 Å². The number of aliphatic carboxylic acids is 1. The third kappa shape index (κ3) is 14.6. The van der Waals surface area contributed by atoms with Crippen molar-refractivity contribution in [2.24, 2.45) is 0 Å². The quantitative estimate of drug-likeness (QED) is 0.557. The van der Waals surface area contributed by atoms with Gasteiger partial charge >= 0.3 is 12.1 Å². The summed E-state index contributed by atoms with van der Waals surface area (Å²) in [5.41, 5.74) is -0.460. The van der Waals surface area contributed by atoms with E-state index >= 15 is 0 Å². The second-order valence-corrected chi connectivity index (χ2v) is 5.38. The van der Waals surface area contributed by atoms with Crippen molar-refractivity contribution < 1.29 is 19.4 Å². The molecule has 0 unspecified atom stereocenters. The normalized spacial score (nSPS) is 11.1. The average molecular weight is 274 g/mol. The van der Waals surface area contributed by atoms with Crippen LogP contribution in [0.25, 0.3) is 0 Å². The van der Waals surface area contributed by atoms with Gasteiger partial charge in [-0.05, 0) is 40.2 Å². The summed E-state index contributed by atoms with van der Waals surface area (Å²) < 4.78 is 5.10. The third-order valence-electron chi connectivity index (χ3n) is 2.21. The predicted molar refractivity (Wildman–Crippen MR) is 73.2 cm³/mol. The molecule has 0 saturated carbocycles. The van der Waals surface area contributed by atoms with E-state index in [9.17, 15) is 9.59 Å². The predicted octanol–water partition coefficient (Wildman–Crippen LogP) is 1.75. The molecule has 0 aromatic heterocycles. The Kier molecular flexibility index (Phi) is 8.95. The zero-order chi connectivity index (χ0) is 14.7. The molecule has 0 aliphatic rings. The van der Waals surface area contributed by atoms with Gasteiger partial charge in [0.1, 0.15) is 5.60 Å². The van der Waals surface area contributed by atoms with E-state index in [4.69, 9.17) is 9.84 Å². The van der Waals surface area contributed by atoms with Crippen LogP contribution >= 0.6 is 0 Å². The van der Waals surface area contributed by atoms with Gasteiger partial charge in [0.2, 0.25) is 0 Å². The number of hydrogen-bond donors (Lipinski definition) is 3. The third-order valence-corrected chi connectivity index (χ3v) is 2.21. The molecule has 0 aromatic rings. The Bertz CT molecular complexity index is 274. The Morgan fingerprint density at radius 3 is 2.26 bits per heavy atom. The van der Waals surface area contributed by atoms with E-state index in [-0.39, 0.29) is 12.5 Å². The molecule has 0 heterocycles. The van der Waals surface area contributed by atoms with Gasteiger partial charge in [-0.15, -0.1) is 0 Å². The van der Waals surface area contributed by atoms with Gasteiger partial charge in [0.15, 0.2) is 0 Å². The fraction of sp³-hybridized carbons (Fsp3) is 0.846. The second-order valence-electron chi connectivity index (χ2n) is 5.38. The smallest absolute Gasteiger partial charge is 0.407 e. The largest absolute Gasteiger partial charge is 0.481 e. The second kappa shape index (κ2) is 9.61. The van der Waals surface area contributed by atoms with Crippen LogP contribution in [0, 0.1) is 0 Å². The van der Waals surface area contributed by atoms with Crippen LogP contribution < -0.4 is 10.6 Å². The lowest BCUT2D eigenvalue weighted by Gasteiger charge is -2.19. The molecule has 0 saturated heterocycles. The molecule has 3 N–H and O–H groups in total. The van der Waals surface area contributed by atoms with Crippen molar-refractivity contribution in [3.63, 3.8) is 0 Å². The summed E-state index contributed by atoms with van der Waals surface area (Å²) in [6.45, 7) is 7.40. The van der Waals surface area contributed by atoms with Crippen LogP contribution in [0.2, 0.25) is 0 Å². The summed E-state index contributed by atoms with van der Waals surface area (Å²) in [5.74, 6) is -0.783. The summed E-state index contributed by atoms with van der Waals surface area (Å²) in [5, 5.41) is 14.2. The van der Waals surface area contributed by atoms with Gasteiger partial charge in [0, 0.05) is 13.1 Å². The Hall–Kier alpha value is -1.30. The topological polar surface area (TPSA) is 87.7 Å². The first-order valence-electron chi connectivity index (χ1n) is 6.70. The average Bonchev–Trinajstić information content (AvgIpc) is 2.24. The first-order valence-corrected chi connectivity index (χ1v) is 6.70. The molecule has 0 aliphatic heterocycles. The maximum absolute atomic E-state index is 11.3. The first-order chi connectivity index (χ1) is 8.81. The van der Waals surface area contributed by atoms with Gasteiger partial charge in [0.05, 0.1) is 6.42 Å². The molecule has 1 amide bonds. The molecule has 0 atom stereocenters. The van der Waals surface area contributed by atoms with Crippen LogP contribution in [0.3, 0.4) is 0 Å². The Balaban J connectivity index is 3.27. The van der Waals surface area contributed by atoms with Gasteiger partial charge in [0.25, 0.3) is 0 Å². The molecule has 19 heavy (non-hydrogen) atoms. The van der Waals surface area contributed by atoms with Gasteiger partial charge in [-0.2, -0.15) is 0 Å². The molecular formula is C13H26N2O4. The van der Waals surface area contributed by atoms with Crippen molar-refractivity contribution in [1.29, 1.82) is 0 Å². The molecule has 6 nitrogen and oxygen atoms in total. The zero-order valence-corrected chi connectivity index (χ0v) is 12.1. The van der Waals surface area contributed by atoms with Crippen molar-refractivity contribution in [2.45, 2.75) is 52.1 Å². The van der Waals surface area contributed by atoms with Gasteiger partial charge in [-0.25, -0.2) is 4.79 Å². The molecule has 0 aliphatic carbocycles. The highest BCUT2D eigenvalue weighted by atomic mass is 16.6. The molecule has 0 radical (unpaired) electrons. The lowest BCUT2D eigenvalue weighted by atomic mass is 10.2. The number of unbranched alkanes of at least 4 members (excludes halogenated alkanes) is 2. The summed E-state index contributed by atoms with van der Waals surface area (Å²) in [6.07, 6.45) is 2.61. The molecule has 0 aromatic carbocycles. The minimum absolute atomic E-state index is 0.153. The Labute approximate surface area is 114 Å². The number of carboxylic acids is 1. The van der Waals surface area contributed by atoms with Crippen LogP contribution in [-0.4, -0.2) is 42.4 Å². The van der Waals surface area contributed by atoms with Crippen molar-refractivity contribution in [2.75, 3.05) is 19.6 Å². The zero-order valence-electron chi connectivity index (χ0n) is 12.1. The standard InChI is InChI=1S/C13H26N2O4/c1-13(2,3)19-12(18)15-9-6-4-5-8-14-10-7-11(16)17/h14H,4-10H2,1-3H3,(H,15,18)(H,16,17). The van der Waals surface area contributed by atoms with Crippen molar-refractivity contribution in [3.8, 4) is 0 Å². The summed E-state index contributed by atoms with van der Waals surface area (Å²) in [7, 11) is 0. The maximum Gasteiger partial charge on any atom is 0.407 e. The van der Waals surface area contributed by atoms with Crippen molar-refractivity contribution in [3.05, 3.63) is 0 Å². The highest BCUT2D eigenvalue weighted by Crippen LogP contribution is 2.06. The fourth-order valence-electron chi connectivity index (χ4n) is 1.38. The molecule has 0 fully saturated rings. The molecule has 112 valence electrons. The first kappa shape index (κ1) is 17.7. The van der Waals surface area contributed by atoms with E-state index in [1.165, 1.54) is 0 Å². The van der Waals surface area contributed by atoms with Crippen molar-refractivity contribution in [1.82, 2.24) is 10.6 Å². The van der Waals surface area contributed by atoms with Gasteiger partial charge in [-0.3, -0.25) is 4.79 Å². The lowest BCUT2D eigenvalue weighted by molar-refractivity contribution is -0.136. The monoisotopic (exact) mass is 274 g/mol. The highest BCUT2D eigenvalue weighted by Gasteiger charge is 2.15. The van der Waals surface area contributed by atoms with Crippen LogP contribution in [0.4, 0.5) is 4.79 Å². The molecular weight excluding hydrogens is 248 g/mol. The number of nitrogens with one attached hydrogen (secondary N) is 2. The number of carbonyl (C=O) groups excluding carboxylic acids is 1. The summed E-state index contributed by atoms with van der Waals surface area (Å²) in [4.78, 5) is 21.5. The number of hydrogen-bond acceptors (Lipinski definition) is 4. The number of alkyl carbamates (subject to hydrolysis) is 1. The lowest BCUT2D eigenvalue weighted by Crippen LogP contribution is -2.33. The molecule has 6 heteroatoms. The summed E-state index contributed by atoms with van der Waals surface area (Å²) >= 11 is 0. The SMILES string of the molecule is CC(C)(C)OC(=O)NCCCCCNCCC(=O)O. The Morgan fingerprint density at radius 1 is 1.05 bits per heavy atom. The highest BCUT2D eigenvalue weighted by molar-refractivity contribution is 5.67. The van der Waals surface area contributed by atoms with E-state index in [2.05, 4.69) is 10.6 Å². The number of rotatable bonds is 9. The Morgan fingerprint density at radius 2 is 1.68 bits per heavy atom. The van der Waals surface area contributed by atoms with Crippen LogP contribution in [0.5, 0.6) is 0 Å². The number of carbonyl (C=O) groups is 2. The molecule has 0 spiro atoms. The minimum atomic E-state index is -0.783. The number of amides is 1. The fourth-order valence-corrected chi connectivity index (χ4v) is 1.38. The molecule has 0 bridgehead atoms. The number of ether oxygens (including phenoxy) is 1. The van der Waals surface area contributed by atoms with E-state index in [1.807, 2.05) is 20.8 Å². The molecule has 0 rings (SSSR count). The van der Waals surface area contributed by atoms with E-state index in [1.54, 1.807) is 0 Å². The van der Waals surface area contributed by atoms with Crippen LogP contribution in [0.1, 0.15) is 46.5 Å². The maximum atomic E-state index is 11.3. The van der Waals surface area contributed by atoms with E-state index in [0.717, 1.165) is 25.8 Å². The van der Waals surface area contributed by atoms with Crippen LogP contribution in [0.15, 0.2) is 0 Å². The van der Waals surface area contributed by atoms with E-state index < -0.39 is 11.6 Å². The van der Waals surface area contributed by atoms with Gasteiger partial charge in [-0.1, -0.05) is 6.42 Å². The number of carboxylic acid groups (broad SMARTS) is 1. The van der Waals surface area contributed by atoms with Crippen LogP contribution in [-0.2, 0) is 9.53 Å².